The van der Waals surface area contributed by atoms with Crippen LogP contribution in [0.5, 0.6) is 0 Å². The fourth-order valence-corrected chi connectivity index (χ4v) is 3.97. The van der Waals surface area contributed by atoms with Crippen LogP contribution < -0.4 is 11.3 Å². The Balaban J connectivity index is 2.14. The molecule has 0 saturated heterocycles. The van der Waals surface area contributed by atoms with Gasteiger partial charge < -0.3 is 10.7 Å². The molecule has 0 spiro atoms. The number of aryl methyl sites for hydroxylation is 1. The molecule has 0 bridgehead atoms. The quantitative estimate of drug-likeness (QED) is 0.560. The Hall–Kier alpha value is -2.19. The molecule has 2 heterocycles. The Morgan fingerprint density at radius 1 is 1.39 bits per heavy atom. The number of halogens is 1. The number of rotatable bonds is 4. The van der Waals surface area contributed by atoms with Crippen LogP contribution in [0.15, 0.2) is 34.2 Å². The third kappa shape index (κ3) is 3.13. The van der Waals surface area contributed by atoms with Gasteiger partial charge in [-0.2, -0.15) is 0 Å². The van der Waals surface area contributed by atoms with E-state index in [0.717, 1.165) is 27.8 Å². The second-order valence-electron chi connectivity index (χ2n) is 4.85. The summed E-state index contributed by atoms with van der Waals surface area (Å²) in [4.78, 5) is 31.8. The molecule has 3 rings (SSSR count). The number of aromatic nitrogens is 2. The van der Waals surface area contributed by atoms with E-state index in [9.17, 15) is 14.0 Å². The first-order chi connectivity index (χ1) is 11.0. The van der Waals surface area contributed by atoms with Gasteiger partial charge in [0.2, 0.25) is 5.91 Å². The lowest BCUT2D eigenvalue weighted by atomic mass is 10.0. The molecule has 0 aliphatic rings. The number of carbonyl (C=O) groups excluding carboxylic acids is 1. The number of aromatic amines is 1. The zero-order valence-corrected chi connectivity index (χ0v) is 13.7. The minimum atomic E-state index is -0.480. The summed E-state index contributed by atoms with van der Waals surface area (Å²) in [6, 6.07) is 5.99. The highest BCUT2D eigenvalue weighted by atomic mass is 32.2. The van der Waals surface area contributed by atoms with Gasteiger partial charge in [0.25, 0.3) is 5.56 Å². The van der Waals surface area contributed by atoms with Crippen molar-refractivity contribution >= 4 is 39.2 Å². The molecule has 0 aliphatic carbocycles. The van der Waals surface area contributed by atoms with Crippen LogP contribution in [0.4, 0.5) is 4.39 Å². The van der Waals surface area contributed by atoms with E-state index in [2.05, 4.69) is 9.97 Å². The Labute approximate surface area is 138 Å². The maximum atomic E-state index is 13.1. The van der Waals surface area contributed by atoms with Gasteiger partial charge in [-0.3, -0.25) is 9.59 Å². The molecule has 23 heavy (non-hydrogen) atoms. The van der Waals surface area contributed by atoms with E-state index >= 15 is 0 Å². The highest BCUT2D eigenvalue weighted by Crippen LogP contribution is 2.36. The largest absolute Gasteiger partial charge is 0.369 e. The van der Waals surface area contributed by atoms with Crippen LogP contribution in [0.25, 0.3) is 21.3 Å². The van der Waals surface area contributed by atoms with Gasteiger partial charge in [0.1, 0.15) is 10.6 Å². The maximum absolute atomic E-state index is 13.1. The zero-order chi connectivity index (χ0) is 16.6. The lowest BCUT2D eigenvalue weighted by Gasteiger charge is -2.02. The van der Waals surface area contributed by atoms with Crippen molar-refractivity contribution in [3.63, 3.8) is 0 Å². The third-order valence-electron chi connectivity index (χ3n) is 3.20. The molecule has 0 unspecified atom stereocenters. The predicted molar refractivity (Wildman–Crippen MR) is 90.3 cm³/mol. The van der Waals surface area contributed by atoms with E-state index < -0.39 is 5.91 Å². The molecule has 5 nitrogen and oxygen atoms in total. The number of nitrogens with zero attached hydrogens (tertiary/aromatic N) is 1. The summed E-state index contributed by atoms with van der Waals surface area (Å²) in [5.41, 5.74) is 6.33. The minimum Gasteiger partial charge on any atom is -0.369 e. The Morgan fingerprint density at radius 3 is 2.74 bits per heavy atom. The highest BCUT2D eigenvalue weighted by molar-refractivity contribution is 7.99. The smallest absolute Gasteiger partial charge is 0.260 e. The van der Waals surface area contributed by atoms with Crippen LogP contribution in [0.1, 0.15) is 4.88 Å². The molecule has 118 valence electrons. The van der Waals surface area contributed by atoms with Crippen molar-refractivity contribution in [3.05, 3.63) is 45.3 Å². The van der Waals surface area contributed by atoms with Gasteiger partial charge in [-0.05, 0) is 24.6 Å². The SMILES string of the molecule is Cc1sc2nc(SCC(N)=O)[nH]c(=O)c2c1-c1ccc(F)cc1. The number of thiophene rings is 1. The second-order valence-corrected chi connectivity index (χ2v) is 7.01. The van der Waals surface area contributed by atoms with Gasteiger partial charge in [0, 0.05) is 10.4 Å². The molecule has 0 atom stereocenters. The van der Waals surface area contributed by atoms with Gasteiger partial charge in [-0.25, -0.2) is 9.37 Å². The van der Waals surface area contributed by atoms with Crippen LogP contribution in [0.3, 0.4) is 0 Å². The van der Waals surface area contributed by atoms with Gasteiger partial charge in [0.05, 0.1) is 11.1 Å². The second kappa shape index (κ2) is 6.13. The molecule has 3 aromatic rings. The number of hydrogen-bond donors (Lipinski definition) is 2. The number of carbonyl (C=O) groups is 1. The molecule has 2 aromatic heterocycles. The van der Waals surface area contributed by atoms with Crippen molar-refractivity contribution < 1.29 is 9.18 Å². The molecular weight excluding hydrogens is 337 g/mol. The van der Waals surface area contributed by atoms with E-state index in [0.29, 0.717) is 15.4 Å². The average Bonchev–Trinajstić information content (AvgIpc) is 2.82. The summed E-state index contributed by atoms with van der Waals surface area (Å²) in [5, 5.41) is 0.829. The number of fused-ring (bicyclic) bond motifs is 1. The van der Waals surface area contributed by atoms with Gasteiger partial charge in [-0.15, -0.1) is 11.3 Å². The topological polar surface area (TPSA) is 88.8 Å². The van der Waals surface area contributed by atoms with Crippen LogP contribution in [0, 0.1) is 12.7 Å². The lowest BCUT2D eigenvalue weighted by Crippen LogP contribution is -2.15. The van der Waals surface area contributed by atoms with Crippen molar-refractivity contribution in [2.45, 2.75) is 12.1 Å². The number of amides is 1. The average molecular weight is 349 g/mol. The molecular formula is C15H12FN3O2S2. The fraction of sp³-hybridized carbons (Fsp3) is 0.133. The molecule has 1 aromatic carbocycles. The monoisotopic (exact) mass is 349 g/mol. The summed E-state index contributed by atoms with van der Waals surface area (Å²) in [5.74, 6) is -0.765. The standard InChI is InChI=1S/C15H12FN3O2S2/c1-7-11(8-2-4-9(16)5-3-8)12-13(21)18-15(19-14(12)23-7)22-6-10(17)20/h2-5H,6H2,1H3,(H2,17,20)(H,18,19,21). The summed E-state index contributed by atoms with van der Waals surface area (Å²) < 4.78 is 13.1. The van der Waals surface area contributed by atoms with E-state index in [1.807, 2.05) is 6.92 Å². The Bertz CT molecular complexity index is 948. The number of primary amides is 1. The minimum absolute atomic E-state index is 0.0453. The van der Waals surface area contributed by atoms with Gasteiger partial charge in [0.15, 0.2) is 5.16 Å². The highest BCUT2D eigenvalue weighted by Gasteiger charge is 2.17. The van der Waals surface area contributed by atoms with Crippen LogP contribution >= 0.6 is 23.1 Å². The molecule has 0 aliphatic heterocycles. The first-order valence-electron chi connectivity index (χ1n) is 6.66. The van der Waals surface area contributed by atoms with Crippen molar-refractivity contribution in [1.29, 1.82) is 0 Å². The first kappa shape index (κ1) is 15.7. The Kier molecular flexibility index (Phi) is 4.18. The van der Waals surface area contributed by atoms with Crippen molar-refractivity contribution in [3.8, 4) is 11.1 Å². The number of nitrogens with one attached hydrogen (secondary N) is 1. The molecule has 0 saturated carbocycles. The molecule has 0 radical (unpaired) electrons. The molecule has 3 N–H and O–H groups in total. The van der Waals surface area contributed by atoms with Crippen molar-refractivity contribution in [2.75, 3.05) is 5.75 Å². The van der Waals surface area contributed by atoms with Gasteiger partial charge >= 0.3 is 0 Å². The zero-order valence-electron chi connectivity index (χ0n) is 12.1. The molecule has 8 heteroatoms. The number of nitrogens with two attached hydrogens (primary N) is 1. The van der Waals surface area contributed by atoms with E-state index in [4.69, 9.17) is 5.73 Å². The number of thioether (sulfide) groups is 1. The number of hydrogen-bond acceptors (Lipinski definition) is 5. The summed E-state index contributed by atoms with van der Waals surface area (Å²) in [6.07, 6.45) is 0. The number of benzene rings is 1. The summed E-state index contributed by atoms with van der Waals surface area (Å²) in [6.45, 7) is 1.89. The van der Waals surface area contributed by atoms with Crippen LogP contribution in [-0.4, -0.2) is 21.6 Å². The van der Waals surface area contributed by atoms with Gasteiger partial charge in [-0.1, -0.05) is 23.9 Å². The maximum Gasteiger partial charge on any atom is 0.260 e. The van der Waals surface area contributed by atoms with Crippen molar-refractivity contribution in [2.24, 2.45) is 5.73 Å². The Morgan fingerprint density at radius 2 is 2.09 bits per heavy atom. The summed E-state index contributed by atoms with van der Waals surface area (Å²) in [7, 11) is 0. The molecule has 1 amide bonds. The first-order valence-corrected chi connectivity index (χ1v) is 8.46. The number of H-pyrrole nitrogens is 1. The van der Waals surface area contributed by atoms with E-state index in [-0.39, 0.29) is 17.1 Å². The van der Waals surface area contributed by atoms with Crippen LogP contribution in [0.2, 0.25) is 0 Å². The molecule has 0 fully saturated rings. The van der Waals surface area contributed by atoms with Crippen LogP contribution in [-0.2, 0) is 4.79 Å². The predicted octanol–water partition coefficient (Wildman–Crippen LogP) is 2.68. The summed E-state index contributed by atoms with van der Waals surface area (Å²) >= 11 is 2.47. The normalized spacial score (nSPS) is 11.0. The fourth-order valence-electron chi connectivity index (χ4n) is 2.27. The van der Waals surface area contributed by atoms with Crippen molar-refractivity contribution in [1.82, 2.24) is 9.97 Å². The van der Waals surface area contributed by atoms with E-state index in [1.165, 1.54) is 23.5 Å². The van der Waals surface area contributed by atoms with E-state index in [1.54, 1.807) is 12.1 Å². The lowest BCUT2D eigenvalue weighted by molar-refractivity contribution is -0.115. The third-order valence-corrected chi connectivity index (χ3v) is 5.10.